The first kappa shape index (κ1) is 14.4. The summed E-state index contributed by atoms with van der Waals surface area (Å²) >= 11 is 0. The molecule has 1 aliphatic carbocycles. The maximum atomic E-state index is 9.17. The third kappa shape index (κ3) is 3.71. The Bertz CT molecular complexity index is 386. The van der Waals surface area contributed by atoms with E-state index >= 15 is 0 Å². The lowest BCUT2D eigenvalue weighted by Gasteiger charge is -2.31. The molecule has 0 spiro atoms. The minimum atomic E-state index is 0.298. The summed E-state index contributed by atoms with van der Waals surface area (Å²) in [5, 5.41) is 12.9. The van der Waals surface area contributed by atoms with Crippen molar-refractivity contribution in [1.82, 2.24) is 5.32 Å². The molecule has 0 aliphatic heterocycles. The fraction of sp³-hybridized carbons (Fsp3) is 0.625. The van der Waals surface area contributed by atoms with Gasteiger partial charge in [0.15, 0.2) is 0 Å². The number of hydrogen-bond donors (Lipinski definition) is 2. The van der Waals surface area contributed by atoms with Gasteiger partial charge in [-0.15, -0.1) is 0 Å². The van der Waals surface area contributed by atoms with Crippen LogP contribution in [0.1, 0.15) is 44.2 Å². The van der Waals surface area contributed by atoms with E-state index in [1.807, 2.05) is 12.1 Å². The number of hydrogen-bond acceptors (Lipinski definition) is 3. The number of para-hydroxylation sites is 1. The Morgan fingerprint density at radius 3 is 2.58 bits per heavy atom. The topological polar surface area (TPSA) is 41.5 Å². The second kappa shape index (κ2) is 6.92. The van der Waals surface area contributed by atoms with Crippen LogP contribution in [0.3, 0.4) is 0 Å². The van der Waals surface area contributed by atoms with Gasteiger partial charge in [0, 0.05) is 24.3 Å². The SMILES string of the molecule is COc1ccccc1C(C)NC1CCC(CO)CC1. The number of ether oxygens (including phenoxy) is 1. The standard InChI is InChI=1S/C16H25NO2/c1-12(15-5-3-4-6-16(15)19-2)17-14-9-7-13(11-18)8-10-14/h3-6,12-14,17-18H,7-11H2,1-2H3. The highest BCUT2D eigenvalue weighted by Crippen LogP contribution is 2.28. The van der Waals surface area contributed by atoms with Crippen molar-refractivity contribution >= 4 is 0 Å². The Kier molecular flexibility index (Phi) is 5.23. The minimum absolute atomic E-state index is 0.298. The van der Waals surface area contributed by atoms with E-state index in [0.717, 1.165) is 31.4 Å². The first-order valence-electron chi connectivity index (χ1n) is 7.24. The number of methoxy groups -OCH3 is 1. The van der Waals surface area contributed by atoms with Gasteiger partial charge in [0.2, 0.25) is 0 Å². The summed E-state index contributed by atoms with van der Waals surface area (Å²) in [4.78, 5) is 0. The third-order valence-corrected chi connectivity index (χ3v) is 4.20. The molecule has 3 nitrogen and oxygen atoms in total. The van der Waals surface area contributed by atoms with E-state index in [0.29, 0.717) is 24.6 Å². The average molecular weight is 263 g/mol. The molecule has 1 atom stereocenters. The maximum absolute atomic E-state index is 9.17. The highest BCUT2D eigenvalue weighted by Gasteiger charge is 2.22. The Labute approximate surface area is 116 Å². The van der Waals surface area contributed by atoms with Gasteiger partial charge in [0.05, 0.1) is 7.11 Å². The maximum Gasteiger partial charge on any atom is 0.123 e. The summed E-state index contributed by atoms with van der Waals surface area (Å²) in [6.45, 7) is 2.53. The first-order chi connectivity index (χ1) is 9.24. The number of aliphatic hydroxyl groups excluding tert-OH is 1. The second-order valence-corrected chi connectivity index (χ2v) is 5.53. The van der Waals surface area contributed by atoms with Gasteiger partial charge in [-0.05, 0) is 44.6 Å². The van der Waals surface area contributed by atoms with Crippen LogP contribution in [0.15, 0.2) is 24.3 Å². The van der Waals surface area contributed by atoms with Crippen molar-refractivity contribution in [2.45, 2.75) is 44.7 Å². The molecule has 1 saturated carbocycles. The molecule has 1 aliphatic rings. The summed E-state index contributed by atoms with van der Waals surface area (Å²) in [7, 11) is 1.72. The van der Waals surface area contributed by atoms with Crippen LogP contribution in [0.2, 0.25) is 0 Å². The fourth-order valence-corrected chi connectivity index (χ4v) is 2.98. The van der Waals surface area contributed by atoms with Gasteiger partial charge in [-0.25, -0.2) is 0 Å². The Hall–Kier alpha value is -1.06. The van der Waals surface area contributed by atoms with Gasteiger partial charge in [-0.2, -0.15) is 0 Å². The Balaban J connectivity index is 1.92. The summed E-state index contributed by atoms with van der Waals surface area (Å²) in [6.07, 6.45) is 4.58. The van der Waals surface area contributed by atoms with Crippen molar-refractivity contribution in [3.8, 4) is 5.75 Å². The van der Waals surface area contributed by atoms with E-state index in [1.54, 1.807) is 7.11 Å². The molecule has 0 bridgehead atoms. The summed E-state index contributed by atoms with van der Waals surface area (Å²) in [5.41, 5.74) is 1.22. The van der Waals surface area contributed by atoms with Gasteiger partial charge in [0.1, 0.15) is 5.75 Å². The Morgan fingerprint density at radius 2 is 1.95 bits per heavy atom. The molecule has 1 unspecified atom stereocenters. The zero-order valence-corrected chi connectivity index (χ0v) is 11.9. The van der Waals surface area contributed by atoms with Crippen LogP contribution in [-0.2, 0) is 0 Å². The Morgan fingerprint density at radius 1 is 1.26 bits per heavy atom. The van der Waals surface area contributed by atoms with Crippen molar-refractivity contribution < 1.29 is 9.84 Å². The quantitative estimate of drug-likeness (QED) is 0.858. The van der Waals surface area contributed by atoms with E-state index in [-0.39, 0.29) is 0 Å². The zero-order valence-electron chi connectivity index (χ0n) is 11.9. The van der Waals surface area contributed by atoms with Crippen molar-refractivity contribution in [1.29, 1.82) is 0 Å². The molecule has 0 saturated heterocycles. The normalized spacial score (nSPS) is 25.0. The number of benzene rings is 1. The molecule has 1 aromatic rings. The molecular weight excluding hydrogens is 238 g/mol. The lowest BCUT2D eigenvalue weighted by Crippen LogP contribution is -2.35. The van der Waals surface area contributed by atoms with Crippen LogP contribution in [0.5, 0.6) is 5.75 Å². The van der Waals surface area contributed by atoms with Gasteiger partial charge in [-0.3, -0.25) is 0 Å². The molecule has 1 fully saturated rings. The summed E-state index contributed by atoms with van der Waals surface area (Å²) < 4.78 is 5.42. The van der Waals surface area contributed by atoms with Crippen molar-refractivity contribution in [3.63, 3.8) is 0 Å². The molecule has 2 rings (SSSR count). The fourth-order valence-electron chi connectivity index (χ4n) is 2.98. The molecule has 1 aromatic carbocycles. The number of nitrogens with one attached hydrogen (secondary N) is 1. The van der Waals surface area contributed by atoms with Crippen molar-refractivity contribution in [2.24, 2.45) is 5.92 Å². The second-order valence-electron chi connectivity index (χ2n) is 5.53. The van der Waals surface area contributed by atoms with E-state index < -0.39 is 0 Å². The predicted octanol–water partition coefficient (Wildman–Crippen LogP) is 2.90. The number of rotatable bonds is 5. The van der Waals surface area contributed by atoms with E-state index in [2.05, 4.69) is 24.4 Å². The first-order valence-corrected chi connectivity index (χ1v) is 7.24. The molecule has 3 heteroatoms. The molecule has 106 valence electrons. The lowest BCUT2D eigenvalue weighted by molar-refractivity contribution is 0.172. The van der Waals surface area contributed by atoms with Crippen LogP contribution in [0.4, 0.5) is 0 Å². The molecule has 0 radical (unpaired) electrons. The summed E-state index contributed by atoms with van der Waals surface area (Å²) in [5.74, 6) is 1.46. The highest BCUT2D eigenvalue weighted by atomic mass is 16.5. The van der Waals surface area contributed by atoms with Crippen LogP contribution in [0.25, 0.3) is 0 Å². The molecule has 2 N–H and O–H groups in total. The van der Waals surface area contributed by atoms with E-state index in [1.165, 1.54) is 5.56 Å². The molecule has 0 heterocycles. The van der Waals surface area contributed by atoms with Crippen molar-refractivity contribution in [2.75, 3.05) is 13.7 Å². The zero-order chi connectivity index (χ0) is 13.7. The van der Waals surface area contributed by atoms with E-state index in [4.69, 9.17) is 9.84 Å². The highest BCUT2D eigenvalue weighted by molar-refractivity contribution is 5.35. The largest absolute Gasteiger partial charge is 0.496 e. The predicted molar refractivity (Wildman–Crippen MR) is 77.4 cm³/mol. The lowest BCUT2D eigenvalue weighted by atomic mass is 9.86. The molecule has 0 aromatic heterocycles. The molecule has 0 amide bonds. The van der Waals surface area contributed by atoms with Crippen LogP contribution in [0, 0.1) is 5.92 Å². The average Bonchev–Trinajstić information content (AvgIpc) is 2.48. The summed E-state index contributed by atoms with van der Waals surface area (Å²) in [6, 6.07) is 9.04. The smallest absolute Gasteiger partial charge is 0.123 e. The molecule has 19 heavy (non-hydrogen) atoms. The third-order valence-electron chi connectivity index (χ3n) is 4.20. The molecular formula is C16H25NO2. The van der Waals surface area contributed by atoms with Gasteiger partial charge in [-0.1, -0.05) is 18.2 Å². The van der Waals surface area contributed by atoms with Crippen molar-refractivity contribution in [3.05, 3.63) is 29.8 Å². The van der Waals surface area contributed by atoms with Gasteiger partial charge in [0.25, 0.3) is 0 Å². The van der Waals surface area contributed by atoms with Crippen LogP contribution >= 0.6 is 0 Å². The monoisotopic (exact) mass is 263 g/mol. The van der Waals surface area contributed by atoms with E-state index in [9.17, 15) is 0 Å². The number of aliphatic hydroxyl groups is 1. The van der Waals surface area contributed by atoms with Gasteiger partial charge >= 0.3 is 0 Å². The minimum Gasteiger partial charge on any atom is -0.496 e. The van der Waals surface area contributed by atoms with Crippen LogP contribution < -0.4 is 10.1 Å². The van der Waals surface area contributed by atoms with Crippen LogP contribution in [-0.4, -0.2) is 24.9 Å². The van der Waals surface area contributed by atoms with Gasteiger partial charge < -0.3 is 15.2 Å².